The first-order chi connectivity index (χ1) is 9.73. The number of rotatable bonds is 2. The lowest BCUT2D eigenvalue weighted by Gasteiger charge is -2.09. The van der Waals surface area contributed by atoms with Gasteiger partial charge in [-0.25, -0.2) is 26.3 Å². The van der Waals surface area contributed by atoms with Crippen LogP contribution in [0.5, 0.6) is 0 Å². The zero-order valence-electron chi connectivity index (χ0n) is 9.59. The molecule has 9 heteroatoms. The first kappa shape index (κ1) is 16.3. The molecular formula is C12H2Cl2F6S. The van der Waals surface area contributed by atoms with E-state index >= 15 is 0 Å². The van der Waals surface area contributed by atoms with Gasteiger partial charge in [-0.2, -0.15) is 0 Å². The lowest BCUT2D eigenvalue weighted by Crippen LogP contribution is -1.97. The van der Waals surface area contributed by atoms with Crippen LogP contribution in [0.25, 0.3) is 0 Å². The second-order valence-corrected chi connectivity index (χ2v) is 5.47. The summed E-state index contributed by atoms with van der Waals surface area (Å²) in [5.74, 6) is -8.63. The Morgan fingerprint density at radius 3 is 1.29 bits per heavy atom. The van der Waals surface area contributed by atoms with E-state index < -0.39 is 54.7 Å². The molecule has 0 aliphatic heterocycles. The predicted molar refractivity (Wildman–Crippen MR) is 66.8 cm³/mol. The quantitative estimate of drug-likeness (QED) is 0.359. The molecule has 0 saturated carbocycles. The summed E-state index contributed by atoms with van der Waals surface area (Å²) in [5.41, 5.74) is 0. The van der Waals surface area contributed by atoms with E-state index in [4.69, 9.17) is 23.2 Å². The molecule has 0 aromatic heterocycles. The number of hydrogen-bond acceptors (Lipinski definition) is 1. The minimum Gasteiger partial charge on any atom is -0.206 e. The second-order valence-electron chi connectivity index (χ2n) is 3.70. The van der Waals surface area contributed by atoms with Crippen LogP contribution in [0, 0.1) is 34.9 Å². The largest absolute Gasteiger partial charge is 0.206 e. The Hall–Kier alpha value is -1.05. The second kappa shape index (κ2) is 5.98. The van der Waals surface area contributed by atoms with Gasteiger partial charge in [0.2, 0.25) is 0 Å². The fraction of sp³-hybridized carbons (Fsp3) is 0. The Bertz CT molecular complexity index is 673. The summed E-state index contributed by atoms with van der Waals surface area (Å²) in [6, 6.07) is 0.517. The van der Waals surface area contributed by atoms with Gasteiger partial charge in [0, 0.05) is 12.1 Å². The summed E-state index contributed by atoms with van der Waals surface area (Å²) in [6.07, 6.45) is 0. The minimum atomic E-state index is -1.53. The minimum absolute atomic E-state index is 0.0624. The molecule has 0 radical (unpaired) electrons. The molecule has 0 unspecified atom stereocenters. The molecule has 0 aliphatic carbocycles. The fourth-order valence-electron chi connectivity index (χ4n) is 1.39. The van der Waals surface area contributed by atoms with Crippen molar-refractivity contribution < 1.29 is 26.3 Å². The van der Waals surface area contributed by atoms with Crippen LogP contribution in [0.4, 0.5) is 26.3 Å². The van der Waals surface area contributed by atoms with Crippen LogP contribution in [0.2, 0.25) is 10.0 Å². The zero-order valence-corrected chi connectivity index (χ0v) is 11.9. The summed E-state index contributed by atoms with van der Waals surface area (Å²) in [4.78, 5) is -1.89. The number of benzene rings is 2. The van der Waals surface area contributed by atoms with Gasteiger partial charge in [-0.3, -0.25) is 0 Å². The maximum Gasteiger partial charge on any atom is 0.161 e. The van der Waals surface area contributed by atoms with Gasteiger partial charge in [-0.15, -0.1) is 0 Å². The third-order valence-corrected chi connectivity index (χ3v) is 4.20. The maximum atomic E-state index is 13.7. The summed E-state index contributed by atoms with van der Waals surface area (Å²) in [6.45, 7) is 0. The van der Waals surface area contributed by atoms with E-state index in [-0.39, 0.29) is 23.9 Å². The van der Waals surface area contributed by atoms with Crippen molar-refractivity contribution in [3.05, 3.63) is 57.1 Å². The van der Waals surface area contributed by atoms with Crippen LogP contribution in [0.15, 0.2) is 21.9 Å². The smallest absolute Gasteiger partial charge is 0.161 e. The molecule has 0 heterocycles. The van der Waals surface area contributed by atoms with Crippen LogP contribution < -0.4 is 0 Å². The average Bonchev–Trinajstić information content (AvgIpc) is 2.42. The Morgan fingerprint density at radius 1 is 0.619 bits per heavy atom. The molecule has 0 atom stereocenters. The predicted octanol–water partition coefficient (Wildman–Crippen LogP) is 5.98. The lowest BCUT2D eigenvalue weighted by atomic mass is 10.3. The summed E-state index contributed by atoms with van der Waals surface area (Å²) >= 11 is 10.4. The van der Waals surface area contributed by atoms with Crippen molar-refractivity contribution in [1.82, 2.24) is 0 Å². The Balaban J connectivity index is 2.59. The molecule has 0 aliphatic rings. The summed E-state index contributed by atoms with van der Waals surface area (Å²) in [5, 5.41) is -2.07. The Morgan fingerprint density at radius 2 is 0.952 bits per heavy atom. The van der Waals surface area contributed by atoms with Crippen molar-refractivity contribution in [2.75, 3.05) is 0 Å². The molecule has 21 heavy (non-hydrogen) atoms. The molecule has 0 amide bonds. The van der Waals surface area contributed by atoms with Gasteiger partial charge in [0.1, 0.15) is 33.3 Å². The molecule has 0 fully saturated rings. The van der Waals surface area contributed by atoms with Crippen molar-refractivity contribution in [2.24, 2.45) is 0 Å². The van der Waals surface area contributed by atoms with Crippen molar-refractivity contribution in [2.45, 2.75) is 9.79 Å². The van der Waals surface area contributed by atoms with Gasteiger partial charge in [-0.1, -0.05) is 35.0 Å². The molecular weight excluding hydrogens is 361 g/mol. The van der Waals surface area contributed by atoms with Crippen molar-refractivity contribution in [1.29, 1.82) is 0 Å². The average molecular weight is 363 g/mol. The zero-order chi connectivity index (χ0) is 15.9. The Kier molecular flexibility index (Phi) is 4.65. The SMILES string of the molecule is Fc1cc(F)c(Sc2c(F)cc(F)c(Cl)c2F)c(F)c1Cl. The van der Waals surface area contributed by atoms with E-state index in [1.54, 1.807) is 0 Å². The van der Waals surface area contributed by atoms with E-state index in [0.717, 1.165) is 0 Å². The van der Waals surface area contributed by atoms with Gasteiger partial charge < -0.3 is 0 Å². The molecule has 2 aromatic carbocycles. The third kappa shape index (κ3) is 2.95. The van der Waals surface area contributed by atoms with Crippen molar-refractivity contribution >= 4 is 35.0 Å². The van der Waals surface area contributed by atoms with Crippen molar-refractivity contribution in [3.8, 4) is 0 Å². The van der Waals surface area contributed by atoms with Gasteiger partial charge in [0.15, 0.2) is 11.6 Å². The summed E-state index contributed by atoms with van der Waals surface area (Å²) < 4.78 is 80.3. The fourth-order valence-corrected chi connectivity index (χ4v) is 2.70. The van der Waals surface area contributed by atoms with E-state index in [1.165, 1.54) is 0 Å². The highest BCUT2D eigenvalue weighted by molar-refractivity contribution is 7.99. The van der Waals surface area contributed by atoms with Crippen LogP contribution in [0.1, 0.15) is 0 Å². The van der Waals surface area contributed by atoms with Crippen LogP contribution in [0.3, 0.4) is 0 Å². The molecule has 2 rings (SSSR count). The third-order valence-electron chi connectivity index (χ3n) is 2.35. The standard InChI is InChI=1S/C12H2Cl2F6S/c13-7-3(15)1-5(17)11(9(7)19)21-12-6(18)2-4(16)8(14)10(12)20/h1-2H. The van der Waals surface area contributed by atoms with Gasteiger partial charge in [-0.05, 0) is 0 Å². The molecule has 0 N–H and O–H groups in total. The lowest BCUT2D eigenvalue weighted by molar-refractivity contribution is 0.504. The summed E-state index contributed by atoms with van der Waals surface area (Å²) in [7, 11) is 0. The van der Waals surface area contributed by atoms with E-state index in [0.29, 0.717) is 0 Å². The normalized spacial score (nSPS) is 11.0. The number of halogens is 8. The molecule has 0 bridgehead atoms. The molecule has 2 aromatic rings. The topological polar surface area (TPSA) is 0 Å². The van der Waals surface area contributed by atoms with Crippen LogP contribution in [-0.4, -0.2) is 0 Å². The van der Waals surface area contributed by atoms with Gasteiger partial charge in [0.25, 0.3) is 0 Å². The molecule has 0 saturated heterocycles. The first-order valence-electron chi connectivity index (χ1n) is 5.07. The molecule has 112 valence electrons. The van der Waals surface area contributed by atoms with Crippen molar-refractivity contribution in [3.63, 3.8) is 0 Å². The first-order valence-corrected chi connectivity index (χ1v) is 6.65. The van der Waals surface area contributed by atoms with Crippen LogP contribution in [-0.2, 0) is 0 Å². The van der Waals surface area contributed by atoms with Gasteiger partial charge in [0.05, 0.1) is 9.79 Å². The monoisotopic (exact) mass is 362 g/mol. The highest BCUT2D eigenvalue weighted by Crippen LogP contribution is 2.40. The van der Waals surface area contributed by atoms with E-state index in [9.17, 15) is 26.3 Å². The molecule has 0 nitrogen and oxygen atoms in total. The highest BCUT2D eigenvalue weighted by Gasteiger charge is 2.24. The highest BCUT2D eigenvalue weighted by atomic mass is 35.5. The van der Waals surface area contributed by atoms with E-state index in [1.807, 2.05) is 0 Å². The number of hydrogen-bond donors (Lipinski definition) is 0. The van der Waals surface area contributed by atoms with E-state index in [2.05, 4.69) is 0 Å². The van der Waals surface area contributed by atoms with Crippen LogP contribution >= 0.6 is 35.0 Å². The maximum absolute atomic E-state index is 13.7. The Labute approximate surface area is 128 Å². The molecule has 0 spiro atoms. The van der Waals surface area contributed by atoms with Gasteiger partial charge >= 0.3 is 0 Å².